The lowest BCUT2D eigenvalue weighted by Crippen LogP contribution is -2.33. The Bertz CT molecular complexity index is 469. The number of alkyl carbamates (subject to hydrolysis) is 1. The monoisotopic (exact) mass is 294 g/mol. The Kier molecular flexibility index (Phi) is 6.27. The van der Waals surface area contributed by atoms with Gasteiger partial charge < -0.3 is 21.1 Å². The number of hydrogen-bond acceptors (Lipinski definition) is 5. The molecule has 0 spiro atoms. The maximum Gasteiger partial charge on any atom is 0.407 e. The number of ether oxygens (including phenoxy) is 1. The van der Waals surface area contributed by atoms with Gasteiger partial charge in [-0.1, -0.05) is 0 Å². The molecule has 1 aromatic heterocycles. The Morgan fingerprint density at radius 1 is 1.33 bits per heavy atom. The molecule has 1 rings (SSSR count). The molecule has 0 atom stereocenters. The van der Waals surface area contributed by atoms with Crippen molar-refractivity contribution >= 4 is 17.6 Å². The fourth-order valence-corrected chi connectivity index (χ4v) is 1.67. The number of hydrogen-bond donors (Lipinski definition) is 3. The second-order valence-corrected chi connectivity index (χ2v) is 5.95. The van der Waals surface area contributed by atoms with Gasteiger partial charge in [0.15, 0.2) is 0 Å². The van der Waals surface area contributed by atoms with Crippen LogP contribution >= 0.6 is 0 Å². The van der Waals surface area contributed by atoms with E-state index in [1.54, 1.807) is 6.20 Å². The van der Waals surface area contributed by atoms with Crippen molar-refractivity contribution in [2.45, 2.75) is 46.1 Å². The highest BCUT2D eigenvalue weighted by Gasteiger charge is 2.15. The Hall–Kier alpha value is -1.98. The standard InChI is InChI=1S/C15H26N4O2/c1-11-7-10-18-13(12(11)16)17-8-5-6-9-19-14(20)21-15(2,3)4/h7,10H,5-6,8-9,16H2,1-4H3,(H,17,18)(H,19,20). The molecule has 6 heteroatoms. The highest BCUT2D eigenvalue weighted by Crippen LogP contribution is 2.18. The first-order valence-electron chi connectivity index (χ1n) is 7.21. The van der Waals surface area contributed by atoms with Crippen molar-refractivity contribution in [1.29, 1.82) is 0 Å². The van der Waals surface area contributed by atoms with Gasteiger partial charge in [0, 0.05) is 19.3 Å². The third-order valence-electron chi connectivity index (χ3n) is 2.77. The van der Waals surface area contributed by atoms with Crippen molar-refractivity contribution in [3.8, 4) is 0 Å². The molecule has 0 bridgehead atoms. The maximum absolute atomic E-state index is 11.4. The van der Waals surface area contributed by atoms with Crippen LogP contribution in [0.1, 0.15) is 39.2 Å². The minimum absolute atomic E-state index is 0.375. The number of nitrogens with one attached hydrogen (secondary N) is 2. The predicted octanol–water partition coefficient (Wildman–Crippen LogP) is 2.69. The van der Waals surface area contributed by atoms with Gasteiger partial charge in [0.05, 0.1) is 5.69 Å². The fraction of sp³-hybridized carbons (Fsp3) is 0.600. The average Bonchev–Trinajstić information content (AvgIpc) is 2.36. The van der Waals surface area contributed by atoms with E-state index in [0.29, 0.717) is 12.2 Å². The van der Waals surface area contributed by atoms with Gasteiger partial charge in [0.2, 0.25) is 0 Å². The van der Waals surface area contributed by atoms with Crippen LogP contribution in [0.5, 0.6) is 0 Å². The number of unbranched alkanes of at least 4 members (excludes halogenated alkanes) is 1. The Labute approximate surface area is 126 Å². The molecule has 0 aromatic carbocycles. The zero-order valence-corrected chi connectivity index (χ0v) is 13.3. The van der Waals surface area contributed by atoms with E-state index in [0.717, 1.165) is 30.8 Å². The van der Waals surface area contributed by atoms with Gasteiger partial charge in [-0.2, -0.15) is 0 Å². The minimum atomic E-state index is -0.458. The van der Waals surface area contributed by atoms with Crippen LogP contribution in [-0.2, 0) is 4.74 Å². The molecule has 1 amide bonds. The number of anilines is 2. The molecule has 0 unspecified atom stereocenters. The Morgan fingerprint density at radius 3 is 2.67 bits per heavy atom. The van der Waals surface area contributed by atoms with E-state index in [1.807, 2.05) is 33.8 Å². The van der Waals surface area contributed by atoms with Crippen LogP contribution in [0.25, 0.3) is 0 Å². The number of carbonyl (C=O) groups excluding carboxylic acids is 1. The molecule has 0 radical (unpaired) electrons. The first-order chi connectivity index (χ1) is 9.79. The van der Waals surface area contributed by atoms with Crippen molar-refractivity contribution in [2.24, 2.45) is 0 Å². The second-order valence-electron chi connectivity index (χ2n) is 5.95. The van der Waals surface area contributed by atoms with E-state index >= 15 is 0 Å². The van der Waals surface area contributed by atoms with Gasteiger partial charge >= 0.3 is 6.09 Å². The van der Waals surface area contributed by atoms with Crippen LogP contribution in [0.4, 0.5) is 16.3 Å². The quantitative estimate of drug-likeness (QED) is 0.702. The number of pyridine rings is 1. The minimum Gasteiger partial charge on any atom is -0.444 e. The number of nitrogen functional groups attached to an aromatic ring is 1. The maximum atomic E-state index is 11.4. The molecule has 0 aliphatic carbocycles. The van der Waals surface area contributed by atoms with E-state index in [-0.39, 0.29) is 6.09 Å². The molecule has 0 fully saturated rings. The molecule has 6 nitrogen and oxygen atoms in total. The lowest BCUT2D eigenvalue weighted by Gasteiger charge is -2.19. The normalized spacial score (nSPS) is 11.0. The summed E-state index contributed by atoms with van der Waals surface area (Å²) < 4.78 is 5.15. The molecule has 1 aromatic rings. The zero-order chi connectivity index (χ0) is 15.9. The summed E-state index contributed by atoms with van der Waals surface area (Å²) >= 11 is 0. The molecule has 1 heterocycles. The lowest BCUT2D eigenvalue weighted by molar-refractivity contribution is 0.0527. The highest BCUT2D eigenvalue weighted by molar-refractivity contribution is 5.67. The summed E-state index contributed by atoms with van der Waals surface area (Å²) in [5.41, 5.74) is 7.16. The number of amides is 1. The van der Waals surface area contributed by atoms with Crippen LogP contribution in [0, 0.1) is 6.92 Å². The summed E-state index contributed by atoms with van der Waals surface area (Å²) in [4.78, 5) is 15.6. The van der Waals surface area contributed by atoms with Crippen molar-refractivity contribution in [1.82, 2.24) is 10.3 Å². The van der Waals surface area contributed by atoms with E-state index in [4.69, 9.17) is 10.5 Å². The number of carbonyl (C=O) groups is 1. The van der Waals surface area contributed by atoms with Gasteiger partial charge in [-0.25, -0.2) is 9.78 Å². The fourth-order valence-electron chi connectivity index (χ4n) is 1.67. The van der Waals surface area contributed by atoms with E-state index < -0.39 is 5.60 Å². The van der Waals surface area contributed by atoms with Crippen LogP contribution in [0.15, 0.2) is 12.3 Å². The molecule has 118 valence electrons. The van der Waals surface area contributed by atoms with Crippen molar-refractivity contribution in [3.63, 3.8) is 0 Å². The summed E-state index contributed by atoms with van der Waals surface area (Å²) in [6.07, 6.45) is 3.13. The van der Waals surface area contributed by atoms with Crippen molar-refractivity contribution < 1.29 is 9.53 Å². The van der Waals surface area contributed by atoms with E-state index in [1.165, 1.54) is 0 Å². The third-order valence-corrected chi connectivity index (χ3v) is 2.77. The smallest absolute Gasteiger partial charge is 0.407 e. The topological polar surface area (TPSA) is 89.3 Å². The predicted molar refractivity (Wildman–Crippen MR) is 85.3 cm³/mol. The van der Waals surface area contributed by atoms with E-state index in [9.17, 15) is 4.79 Å². The van der Waals surface area contributed by atoms with Gasteiger partial charge in [0.25, 0.3) is 0 Å². The lowest BCUT2D eigenvalue weighted by atomic mass is 10.2. The summed E-state index contributed by atoms with van der Waals surface area (Å²) in [6, 6.07) is 1.88. The number of nitrogens with two attached hydrogens (primary N) is 1. The summed E-state index contributed by atoms with van der Waals surface area (Å²) in [5.74, 6) is 0.718. The zero-order valence-electron chi connectivity index (χ0n) is 13.3. The number of aryl methyl sites for hydroxylation is 1. The second kappa shape index (κ2) is 7.71. The highest BCUT2D eigenvalue weighted by atomic mass is 16.6. The molecule has 0 saturated carbocycles. The van der Waals surface area contributed by atoms with Crippen LogP contribution in [0.2, 0.25) is 0 Å². The molecule has 0 saturated heterocycles. The third kappa shape index (κ3) is 6.83. The summed E-state index contributed by atoms with van der Waals surface area (Å²) in [7, 11) is 0. The van der Waals surface area contributed by atoms with Crippen LogP contribution < -0.4 is 16.4 Å². The largest absolute Gasteiger partial charge is 0.444 e. The molecular formula is C15H26N4O2. The molecule has 21 heavy (non-hydrogen) atoms. The van der Waals surface area contributed by atoms with Crippen LogP contribution in [0.3, 0.4) is 0 Å². The van der Waals surface area contributed by atoms with Crippen LogP contribution in [-0.4, -0.2) is 29.8 Å². The molecular weight excluding hydrogens is 268 g/mol. The summed E-state index contributed by atoms with van der Waals surface area (Å²) in [6.45, 7) is 8.83. The van der Waals surface area contributed by atoms with Gasteiger partial charge in [-0.05, 0) is 52.2 Å². The SMILES string of the molecule is Cc1ccnc(NCCCCNC(=O)OC(C)(C)C)c1N. The van der Waals surface area contributed by atoms with Crippen molar-refractivity contribution in [3.05, 3.63) is 17.8 Å². The summed E-state index contributed by atoms with van der Waals surface area (Å²) in [5, 5.41) is 5.93. The molecule has 4 N–H and O–H groups in total. The van der Waals surface area contributed by atoms with E-state index in [2.05, 4.69) is 15.6 Å². The van der Waals surface area contributed by atoms with Gasteiger partial charge in [-0.3, -0.25) is 0 Å². The first-order valence-corrected chi connectivity index (χ1v) is 7.21. The van der Waals surface area contributed by atoms with Gasteiger partial charge in [0.1, 0.15) is 11.4 Å². The average molecular weight is 294 g/mol. The number of rotatable bonds is 6. The molecule has 0 aliphatic rings. The molecule has 0 aliphatic heterocycles. The van der Waals surface area contributed by atoms with Crippen molar-refractivity contribution in [2.75, 3.05) is 24.1 Å². The number of aromatic nitrogens is 1. The van der Waals surface area contributed by atoms with Gasteiger partial charge in [-0.15, -0.1) is 0 Å². The first kappa shape index (κ1) is 17.1. The number of nitrogens with zero attached hydrogens (tertiary/aromatic N) is 1. The Morgan fingerprint density at radius 2 is 2.00 bits per heavy atom. The Balaban J connectivity index is 2.15.